The molecule has 2 rings (SSSR count). The molecule has 1 aliphatic carbocycles. The van der Waals surface area contributed by atoms with Gasteiger partial charge in [-0.15, -0.1) is 0 Å². The predicted octanol–water partition coefficient (Wildman–Crippen LogP) is 0.731. The molecule has 0 aromatic carbocycles. The molecule has 2 fully saturated rings. The van der Waals surface area contributed by atoms with Gasteiger partial charge in [-0.3, -0.25) is 4.79 Å². The zero-order valence-corrected chi connectivity index (χ0v) is 10.7. The van der Waals surface area contributed by atoms with Crippen molar-refractivity contribution in [3.8, 4) is 0 Å². The largest absolute Gasteiger partial charge is 0.355 e. The number of piperidine rings is 1. The minimum atomic E-state index is 0.190. The fourth-order valence-electron chi connectivity index (χ4n) is 2.30. The Morgan fingerprint density at radius 3 is 2.59 bits per heavy atom. The van der Waals surface area contributed by atoms with E-state index in [0.717, 1.165) is 19.6 Å². The normalized spacial score (nSPS) is 21.4. The Labute approximate surface area is 104 Å². The lowest BCUT2D eigenvalue weighted by Gasteiger charge is -2.26. The van der Waals surface area contributed by atoms with Gasteiger partial charge in [-0.2, -0.15) is 0 Å². The molecule has 0 unspecified atom stereocenters. The average Bonchev–Trinajstić information content (AvgIpc) is 3.14. The zero-order valence-electron chi connectivity index (χ0n) is 10.7. The van der Waals surface area contributed by atoms with Crippen molar-refractivity contribution in [3.63, 3.8) is 0 Å². The van der Waals surface area contributed by atoms with Gasteiger partial charge in [-0.25, -0.2) is 0 Å². The van der Waals surface area contributed by atoms with E-state index in [4.69, 9.17) is 0 Å². The number of carbonyl (C=O) groups excluding carboxylic acids is 1. The Morgan fingerprint density at radius 2 is 1.88 bits per heavy atom. The summed E-state index contributed by atoms with van der Waals surface area (Å²) in [5.41, 5.74) is 0. The lowest BCUT2D eigenvalue weighted by Crippen LogP contribution is -2.38. The van der Waals surface area contributed by atoms with Crippen molar-refractivity contribution in [3.05, 3.63) is 0 Å². The summed E-state index contributed by atoms with van der Waals surface area (Å²) < 4.78 is 0. The molecule has 1 saturated heterocycles. The number of likely N-dealkylation sites (tertiary alicyclic amines) is 1. The molecule has 17 heavy (non-hydrogen) atoms. The standard InChI is InChI=1S/C13H25N3O/c17-13(6-7-14-12-4-5-12)15-8-11-16-9-2-1-3-10-16/h12,14H,1-11H2,(H,15,17). The number of hydrogen-bond donors (Lipinski definition) is 2. The molecule has 0 aromatic heterocycles. The van der Waals surface area contributed by atoms with Crippen molar-refractivity contribution < 1.29 is 4.79 Å². The maximum atomic E-state index is 11.5. The van der Waals surface area contributed by atoms with Crippen molar-refractivity contribution in [1.29, 1.82) is 0 Å². The molecule has 0 aromatic rings. The highest BCUT2D eigenvalue weighted by Crippen LogP contribution is 2.18. The molecule has 0 bridgehead atoms. The van der Waals surface area contributed by atoms with Crippen LogP contribution in [0.15, 0.2) is 0 Å². The van der Waals surface area contributed by atoms with Crippen LogP contribution >= 0.6 is 0 Å². The molecule has 4 nitrogen and oxygen atoms in total. The number of rotatable bonds is 7. The van der Waals surface area contributed by atoms with Crippen molar-refractivity contribution in [1.82, 2.24) is 15.5 Å². The first kappa shape index (κ1) is 12.8. The van der Waals surface area contributed by atoms with Crippen LogP contribution in [0.4, 0.5) is 0 Å². The molecule has 1 saturated carbocycles. The van der Waals surface area contributed by atoms with Crippen molar-refractivity contribution >= 4 is 5.91 Å². The van der Waals surface area contributed by atoms with Gasteiger partial charge in [0.15, 0.2) is 0 Å². The average molecular weight is 239 g/mol. The summed E-state index contributed by atoms with van der Waals surface area (Å²) in [4.78, 5) is 14.0. The highest BCUT2D eigenvalue weighted by molar-refractivity contribution is 5.76. The third-order valence-corrected chi connectivity index (χ3v) is 3.56. The third-order valence-electron chi connectivity index (χ3n) is 3.56. The second-order valence-electron chi connectivity index (χ2n) is 5.23. The second-order valence-corrected chi connectivity index (χ2v) is 5.23. The van der Waals surface area contributed by atoms with E-state index in [1.54, 1.807) is 0 Å². The monoisotopic (exact) mass is 239 g/mol. The first-order valence-corrected chi connectivity index (χ1v) is 7.07. The van der Waals surface area contributed by atoms with Gasteiger partial charge in [0, 0.05) is 32.1 Å². The number of hydrogen-bond acceptors (Lipinski definition) is 3. The molecule has 0 radical (unpaired) electrons. The van der Waals surface area contributed by atoms with Crippen molar-refractivity contribution in [2.45, 2.75) is 44.6 Å². The van der Waals surface area contributed by atoms with Crippen LogP contribution in [0.1, 0.15) is 38.5 Å². The van der Waals surface area contributed by atoms with Crippen LogP contribution in [0.2, 0.25) is 0 Å². The molecular formula is C13H25N3O. The second kappa shape index (κ2) is 6.97. The number of nitrogens with one attached hydrogen (secondary N) is 2. The number of carbonyl (C=O) groups is 1. The van der Waals surface area contributed by atoms with E-state index in [1.807, 2.05) is 0 Å². The highest BCUT2D eigenvalue weighted by Gasteiger charge is 2.20. The molecule has 2 aliphatic rings. The molecule has 2 N–H and O–H groups in total. The van der Waals surface area contributed by atoms with Gasteiger partial charge in [0.1, 0.15) is 0 Å². The molecule has 4 heteroatoms. The van der Waals surface area contributed by atoms with Gasteiger partial charge < -0.3 is 15.5 Å². The number of amides is 1. The van der Waals surface area contributed by atoms with Crippen LogP contribution < -0.4 is 10.6 Å². The van der Waals surface area contributed by atoms with E-state index in [1.165, 1.54) is 45.2 Å². The number of nitrogens with zero attached hydrogens (tertiary/aromatic N) is 1. The SMILES string of the molecule is O=C(CCNC1CC1)NCCN1CCCCC1. The Balaban J connectivity index is 1.44. The Bertz CT molecular complexity index is 235. The molecule has 0 spiro atoms. The Kier molecular flexibility index (Phi) is 5.26. The van der Waals surface area contributed by atoms with Gasteiger partial charge >= 0.3 is 0 Å². The third kappa shape index (κ3) is 5.50. The first-order chi connectivity index (χ1) is 8.34. The van der Waals surface area contributed by atoms with Gasteiger partial charge in [-0.1, -0.05) is 6.42 Å². The van der Waals surface area contributed by atoms with Crippen molar-refractivity contribution in [2.24, 2.45) is 0 Å². The first-order valence-electron chi connectivity index (χ1n) is 7.07. The molecule has 1 amide bonds. The van der Waals surface area contributed by atoms with Gasteiger partial charge in [0.2, 0.25) is 5.91 Å². The van der Waals surface area contributed by atoms with Crippen LogP contribution in [-0.2, 0) is 4.79 Å². The summed E-state index contributed by atoms with van der Waals surface area (Å²) in [5, 5.41) is 6.36. The smallest absolute Gasteiger partial charge is 0.221 e. The van der Waals surface area contributed by atoms with Crippen LogP contribution in [0.3, 0.4) is 0 Å². The summed E-state index contributed by atoms with van der Waals surface area (Å²) in [5.74, 6) is 0.190. The summed E-state index contributed by atoms with van der Waals surface area (Å²) in [6, 6.07) is 0.705. The molecule has 1 heterocycles. The van der Waals surface area contributed by atoms with Crippen LogP contribution in [-0.4, -0.2) is 49.6 Å². The van der Waals surface area contributed by atoms with Crippen LogP contribution in [0, 0.1) is 0 Å². The van der Waals surface area contributed by atoms with Gasteiger partial charge in [-0.05, 0) is 38.8 Å². The van der Waals surface area contributed by atoms with Crippen molar-refractivity contribution in [2.75, 3.05) is 32.7 Å². The van der Waals surface area contributed by atoms with E-state index in [9.17, 15) is 4.79 Å². The fraction of sp³-hybridized carbons (Fsp3) is 0.923. The predicted molar refractivity (Wildman–Crippen MR) is 68.9 cm³/mol. The topological polar surface area (TPSA) is 44.4 Å². The van der Waals surface area contributed by atoms with E-state index in [2.05, 4.69) is 15.5 Å². The minimum absolute atomic E-state index is 0.190. The fourth-order valence-corrected chi connectivity index (χ4v) is 2.30. The summed E-state index contributed by atoms with van der Waals surface area (Å²) in [7, 11) is 0. The molecular weight excluding hydrogens is 214 g/mol. The summed E-state index contributed by atoms with van der Waals surface area (Å²) in [6.07, 6.45) is 7.21. The lowest BCUT2D eigenvalue weighted by molar-refractivity contribution is -0.121. The lowest BCUT2D eigenvalue weighted by atomic mass is 10.1. The van der Waals surface area contributed by atoms with Crippen LogP contribution in [0.25, 0.3) is 0 Å². The molecule has 0 atom stereocenters. The maximum Gasteiger partial charge on any atom is 0.221 e. The van der Waals surface area contributed by atoms with Gasteiger partial charge in [0.25, 0.3) is 0 Å². The van der Waals surface area contributed by atoms with E-state index >= 15 is 0 Å². The molecule has 98 valence electrons. The summed E-state index contributed by atoms with van der Waals surface area (Å²) in [6.45, 7) is 5.07. The van der Waals surface area contributed by atoms with E-state index in [0.29, 0.717) is 12.5 Å². The maximum absolute atomic E-state index is 11.5. The Morgan fingerprint density at radius 1 is 1.12 bits per heavy atom. The summed E-state index contributed by atoms with van der Waals surface area (Å²) >= 11 is 0. The molecule has 1 aliphatic heterocycles. The quantitative estimate of drug-likeness (QED) is 0.688. The van der Waals surface area contributed by atoms with E-state index < -0.39 is 0 Å². The van der Waals surface area contributed by atoms with Gasteiger partial charge in [0.05, 0.1) is 0 Å². The van der Waals surface area contributed by atoms with Crippen LogP contribution in [0.5, 0.6) is 0 Å². The zero-order chi connectivity index (χ0) is 11.9. The highest BCUT2D eigenvalue weighted by atomic mass is 16.1. The minimum Gasteiger partial charge on any atom is -0.355 e. The Hall–Kier alpha value is -0.610. The van der Waals surface area contributed by atoms with E-state index in [-0.39, 0.29) is 5.91 Å².